The normalized spacial score (nSPS) is 21.6. The lowest BCUT2D eigenvalue weighted by molar-refractivity contribution is -0.141. The highest BCUT2D eigenvalue weighted by Crippen LogP contribution is 2.24. The number of carbonyl (C=O) groups excluding carboxylic acids is 3. The Bertz CT molecular complexity index is 952. The molecular weight excluding hydrogens is 406 g/mol. The standard InChI is InChI=1S/C22H22ClN3O4/c23-17-9-5-4-8-16(17)13-26-21(28)18(24-22(26)29)12-20(27)25-10-11-30-19(14-25)15-6-2-1-3-7-15/h1-9,18-19H,10-14H2,(H,24,29)/t18-,19+/m0/s1. The molecule has 2 aromatic rings. The van der Waals surface area contributed by atoms with Crippen molar-refractivity contribution in [3.05, 3.63) is 70.7 Å². The van der Waals surface area contributed by atoms with Crippen LogP contribution in [-0.2, 0) is 20.9 Å². The Morgan fingerprint density at radius 2 is 1.83 bits per heavy atom. The van der Waals surface area contributed by atoms with E-state index in [0.29, 0.717) is 30.3 Å². The molecule has 0 bridgehead atoms. The van der Waals surface area contributed by atoms with Crippen molar-refractivity contribution in [1.82, 2.24) is 15.1 Å². The topological polar surface area (TPSA) is 79.0 Å². The van der Waals surface area contributed by atoms with Crippen LogP contribution in [0.25, 0.3) is 0 Å². The number of nitrogens with zero attached hydrogens (tertiary/aromatic N) is 2. The summed E-state index contributed by atoms with van der Waals surface area (Å²) in [4.78, 5) is 40.7. The van der Waals surface area contributed by atoms with Crippen molar-refractivity contribution >= 4 is 29.4 Å². The number of halogens is 1. The molecule has 0 unspecified atom stereocenters. The molecule has 0 saturated carbocycles. The van der Waals surface area contributed by atoms with Gasteiger partial charge in [-0.25, -0.2) is 4.79 Å². The van der Waals surface area contributed by atoms with Crippen LogP contribution in [0, 0.1) is 0 Å². The fourth-order valence-corrected chi connectivity index (χ4v) is 3.91. The molecule has 2 saturated heterocycles. The van der Waals surface area contributed by atoms with Crippen LogP contribution in [0.3, 0.4) is 0 Å². The molecule has 2 heterocycles. The van der Waals surface area contributed by atoms with Gasteiger partial charge >= 0.3 is 6.03 Å². The molecule has 2 fully saturated rings. The highest BCUT2D eigenvalue weighted by atomic mass is 35.5. The lowest BCUT2D eigenvalue weighted by atomic mass is 10.1. The lowest BCUT2D eigenvalue weighted by Gasteiger charge is -2.33. The molecule has 30 heavy (non-hydrogen) atoms. The van der Waals surface area contributed by atoms with Gasteiger partial charge in [0.25, 0.3) is 5.91 Å². The zero-order chi connectivity index (χ0) is 21.1. The van der Waals surface area contributed by atoms with Crippen molar-refractivity contribution in [3.63, 3.8) is 0 Å². The number of morpholine rings is 1. The second-order valence-electron chi connectivity index (χ2n) is 7.33. The predicted octanol–water partition coefficient (Wildman–Crippen LogP) is 2.75. The quantitative estimate of drug-likeness (QED) is 0.744. The molecule has 4 rings (SSSR count). The van der Waals surface area contributed by atoms with E-state index in [9.17, 15) is 14.4 Å². The molecule has 1 N–H and O–H groups in total. The Labute approximate surface area is 179 Å². The third-order valence-corrected chi connectivity index (χ3v) is 5.73. The third-order valence-electron chi connectivity index (χ3n) is 5.36. The summed E-state index contributed by atoms with van der Waals surface area (Å²) in [5, 5.41) is 3.11. The summed E-state index contributed by atoms with van der Waals surface area (Å²) in [6.07, 6.45) is -0.278. The molecule has 7 nitrogen and oxygen atoms in total. The summed E-state index contributed by atoms with van der Waals surface area (Å²) < 4.78 is 5.80. The number of urea groups is 1. The summed E-state index contributed by atoms with van der Waals surface area (Å²) in [5.41, 5.74) is 1.68. The van der Waals surface area contributed by atoms with Gasteiger partial charge in [0.15, 0.2) is 0 Å². The number of nitrogens with one attached hydrogen (secondary N) is 1. The largest absolute Gasteiger partial charge is 0.370 e. The van der Waals surface area contributed by atoms with E-state index in [1.165, 1.54) is 0 Å². The summed E-state index contributed by atoms with van der Waals surface area (Å²) in [6, 6.07) is 15.4. The van der Waals surface area contributed by atoms with Gasteiger partial charge in [-0.05, 0) is 17.2 Å². The molecule has 0 aliphatic carbocycles. The average molecular weight is 428 g/mol. The van der Waals surface area contributed by atoms with Crippen molar-refractivity contribution in [3.8, 4) is 0 Å². The van der Waals surface area contributed by atoms with E-state index in [2.05, 4.69) is 5.32 Å². The molecule has 2 atom stereocenters. The van der Waals surface area contributed by atoms with Crippen molar-refractivity contribution < 1.29 is 19.1 Å². The number of hydrogen-bond donors (Lipinski definition) is 1. The molecule has 0 spiro atoms. The van der Waals surface area contributed by atoms with E-state index in [1.807, 2.05) is 30.3 Å². The van der Waals surface area contributed by atoms with Gasteiger partial charge in [-0.3, -0.25) is 14.5 Å². The molecule has 156 valence electrons. The number of rotatable bonds is 5. The van der Waals surface area contributed by atoms with Gasteiger partial charge in [-0.15, -0.1) is 0 Å². The minimum atomic E-state index is -0.870. The van der Waals surface area contributed by atoms with Crippen molar-refractivity contribution in [1.29, 1.82) is 0 Å². The fraction of sp³-hybridized carbons (Fsp3) is 0.318. The van der Waals surface area contributed by atoms with E-state index in [0.717, 1.165) is 10.5 Å². The minimum absolute atomic E-state index is 0.0721. The van der Waals surface area contributed by atoms with Crippen LogP contribution >= 0.6 is 11.6 Å². The van der Waals surface area contributed by atoms with Crippen LogP contribution in [0.2, 0.25) is 5.02 Å². The molecule has 4 amide bonds. The summed E-state index contributed by atoms with van der Waals surface area (Å²) in [6.45, 7) is 1.37. The first-order valence-corrected chi connectivity index (χ1v) is 10.2. The van der Waals surface area contributed by atoms with Gasteiger partial charge in [-0.2, -0.15) is 0 Å². The zero-order valence-corrected chi connectivity index (χ0v) is 17.0. The monoisotopic (exact) mass is 427 g/mol. The molecule has 2 aromatic carbocycles. The third kappa shape index (κ3) is 4.32. The summed E-state index contributed by atoms with van der Waals surface area (Å²) in [5.74, 6) is -0.599. The second-order valence-corrected chi connectivity index (χ2v) is 7.74. The number of imide groups is 1. The summed E-state index contributed by atoms with van der Waals surface area (Å²) >= 11 is 6.14. The lowest BCUT2D eigenvalue weighted by Crippen LogP contribution is -2.45. The molecule has 8 heteroatoms. The van der Waals surface area contributed by atoms with Gasteiger partial charge in [-0.1, -0.05) is 60.1 Å². The molecular formula is C22H22ClN3O4. The maximum atomic E-state index is 12.8. The van der Waals surface area contributed by atoms with Gasteiger partial charge < -0.3 is 15.0 Å². The van der Waals surface area contributed by atoms with Gasteiger partial charge in [0.1, 0.15) is 12.1 Å². The van der Waals surface area contributed by atoms with Crippen LogP contribution in [0.15, 0.2) is 54.6 Å². The average Bonchev–Trinajstić information content (AvgIpc) is 3.03. The number of carbonyl (C=O) groups is 3. The van der Waals surface area contributed by atoms with E-state index in [4.69, 9.17) is 16.3 Å². The van der Waals surface area contributed by atoms with Gasteiger partial charge in [0.05, 0.1) is 26.1 Å². The smallest absolute Gasteiger partial charge is 0.325 e. The second kappa shape index (κ2) is 8.85. The number of benzene rings is 2. The van der Waals surface area contributed by atoms with E-state index in [1.54, 1.807) is 29.2 Å². The molecule has 2 aliphatic heterocycles. The molecule has 2 aliphatic rings. The van der Waals surface area contributed by atoms with Gasteiger partial charge in [0, 0.05) is 11.6 Å². The Hall–Kier alpha value is -2.90. The maximum Gasteiger partial charge on any atom is 0.325 e. The summed E-state index contributed by atoms with van der Waals surface area (Å²) in [7, 11) is 0. The van der Waals surface area contributed by atoms with E-state index in [-0.39, 0.29) is 25.0 Å². The SMILES string of the molecule is O=C(C[C@@H]1NC(=O)N(Cc2ccccc2Cl)C1=O)N1CCO[C@@H](c2ccccc2)C1. The van der Waals surface area contributed by atoms with Crippen LogP contribution in [0.1, 0.15) is 23.7 Å². The fourth-order valence-electron chi connectivity index (χ4n) is 3.71. The number of hydrogen-bond acceptors (Lipinski definition) is 4. The van der Waals surface area contributed by atoms with Gasteiger partial charge in [0.2, 0.25) is 5.91 Å². The first-order chi connectivity index (χ1) is 14.5. The Balaban J connectivity index is 1.38. The van der Waals surface area contributed by atoms with Crippen molar-refractivity contribution in [2.24, 2.45) is 0 Å². The number of ether oxygens (including phenoxy) is 1. The van der Waals surface area contributed by atoms with Crippen LogP contribution in [-0.4, -0.2) is 53.4 Å². The predicted molar refractivity (Wildman–Crippen MR) is 111 cm³/mol. The first-order valence-electron chi connectivity index (χ1n) is 9.82. The van der Waals surface area contributed by atoms with Crippen LogP contribution in [0.4, 0.5) is 4.79 Å². The van der Waals surface area contributed by atoms with E-state index < -0.39 is 18.0 Å². The first kappa shape index (κ1) is 20.4. The highest BCUT2D eigenvalue weighted by Gasteiger charge is 2.40. The van der Waals surface area contributed by atoms with Crippen LogP contribution < -0.4 is 5.32 Å². The van der Waals surface area contributed by atoms with Crippen LogP contribution in [0.5, 0.6) is 0 Å². The zero-order valence-electron chi connectivity index (χ0n) is 16.3. The van der Waals surface area contributed by atoms with Crippen molar-refractivity contribution in [2.75, 3.05) is 19.7 Å². The Morgan fingerprint density at radius 3 is 2.60 bits per heavy atom. The minimum Gasteiger partial charge on any atom is -0.370 e. The Kier molecular flexibility index (Phi) is 6.01. The number of amides is 4. The molecule has 0 radical (unpaired) electrons. The van der Waals surface area contributed by atoms with Crippen molar-refractivity contribution in [2.45, 2.75) is 25.1 Å². The molecule has 0 aromatic heterocycles. The highest BCUT2D eigenvalue weighted by molar-refractivity contribution is 6.31. The maximum absolute atomic E-state index is 12.8. The Morgan fingerprint density at radius 1 is 1.10 bits per heavy atom. The van der Waals surface area contributed by atoms with E-state index >= 15 is 0 Å².